The molecule has 0 radical (unpaired) electrons. The largest absolute Gasteiger partial charge is 0.497 e. The lowest BCUT2D eigenvalue weighted by molar-refractivity contribution is 0.415. The Hall–Kier alpha value is -3.40. The Morgan fingerprint density at radius 2 is 1.52 bits per heavy atom. The van der Waals surface area contributed by atoms with E-state index in [1.165, 1.54) is 5.56 Å². The molecule has 0 saturated heterocycles. The predicted octanol–water partition coefficient (Wildman–Crippen LogP) is 4.94. The van der Waals surface area contributed by atoms with Gasteiger partial charge in [0.1, 0.15) is 11.6 Å². The van der Waals surface area contributed by atoms with Crippen LogP contribution in [0.15, 0.2) is 78.9 Å². The fraction of sp³-hybridized carbons (Fsp3) is 0.130. The van der Waals surface area contributed by atoms with Crippen LogP contribution >= 0.6 is 0 Å². The number of aromatic nitrogens is 2. The van der Waals surface area contributed by atoms with Crippen LogP contribution in [0.5, 0.6) is 5.75 Å². The number of rotatable bonds is 5. The van der Waals surface area contributed by atoms with Crippen molar-refractivity contribution in [1.82, 2.24) is 9.97 Å². The molecule has 4 nitrogen and oxygen atoms in total. The monoisotopic (exact) mass is 355 g/mol. The second kappa shape index (κ2) is 7.46. The normalized spacial score (nSPS) is 10.7. The van der Waals surface area contributed by atoms with Gasteiger partial charge in [-0.2, -0.15) is 0 Å². The minimum Gasteiger partial charge on any atom is -0.497 e. The van der Waals surface area contributed by atoms with Crippen LogP contribution in [-0.4, -0.2) is 24.1 Å². The molecule has 4 rings (SSSR count). The van der Waals surface area contributed by atoms with Gasteiger partial charge < -0.3 is 9.64 Å². The molecule has 0 unspecified atom stereocenters. The van der Waals surface area contributed by atoms with Gasteiger partial charge in [0, 0.05) is 24.5 Å². The molecule has 1 aromatic heterocycles. The lowest BCUT2D eigenvalue weighted by atomic mass is 10.1. The molecule has 0 N–H and O–H groups in total. The molecule has 0 aliphatic heterocycles. The second-order valence-electron chi connectivity index (χ2n) is 6.46. The van der Waals surface area contributed by atoms with Crippen molar-refractivity contribution in [2.75, 3.05) is 19.1 Å². The number of benzene rings is 3. The SMILES string of the molecule is COc1ccc(-c2nc(N(C)Cc3ccccc3)c3ccccc3n2)cc1. The average molecular weight is 355 g/mol. The van der Waals surface area contributed by atoms with Crippen LogP contribution in [0.2, 0.25) is 0 Å². The van der Waals surface area contributed by atoms with Gasteiger partial charge in [-0.3, -0.25) is 0 Å². The number of fused-ring (bicyclic) bond motifs is 1. The summed E-state index contributed by atoms with van der Waals surface area (Å²) in [6.07, 6.45) is 0. The summed E-state index contributed by atoms with van der Waals surface area (Å²) in [5.74, 6) is 2.46. The molecule has 0 aliphatic carbocycles. The van der Waals surface area contributed by atoms with Crippen molar-refractivity contribution >= 4 is 16.7 Å². The molecule has 134 valence electrons. The molecule has 0 spiro atoms. The number of anilines is 1. The quantitative estimate of drug-likeness (QED) is 0.508. The summed E-state index contributed by atoms with van der Waals surface area (Å²) in [4.78, 5) is 11.8. The molecule has 0 atom stereocenters. The fourth-order valence-corrected chi connectivity index (χ4v) is 3.15. The minimum atomic E-state index is 0.714. The fourth-order valence-electron chi connectivity index (χ4n) is 3.15. The highest BCUT2D eigenvalue weighted by Crippen LogP contribution is 2.28. The molecule has 4 heteroatoms. The number of hydrogen-bond acceptors (Lipinski definition) is 4. The van der Waals surface area contributed by atoms with E-state index in [0.717, 1.165) is 34.6 Å². The topological polar surface area (TPSA) is 38.2 Å². The summed E-state index contributed by atoms with van der Waals surface area (Å²) in [7, 11) is 3.73. The maximum Gasteiger partial charge on any atom is 0.162 e. The number of hydrogen-bond donors (Lipinski definition) is 0. The third kappa shape index (κ3) is 3.60. The zero-order chi connectivity index (χ0) is 18.6. The lowest BCUT2D eigenvalue weighted by Crippen LogP contribution is -2.18. The van der Waals surface area contributed by atoms with E-state index in [1.54, 1.807) is 7.11 Å². The Morgan fingerprint density at radius 3 is 2.26 bits per heavy atom. The average Bonchev–Trinajstić information content (AvgIpc) is 2.73. The number of nitrogens with zero attached hydrogens (tertiary/aromatic N) is 3. The van der Waals surface area contributed by atoms with Crippen molar-refractivity contribution in [3.63, 3.8) is 0 Å². The summed E-state index contributed by atoms with van der Waals surface area (Å²) in [6, 6.07) is 26.4. The van der Waals surface area contributed by atoms with Crippen molar-refractivity contribution in [3.05, 3.63) is 84.4 Å². The maximum absolute atomic E-state index is 5.25. The summed E-state index contributed by atoms with van der Waals surface area (Å²) >= 11 is 0. The van der Waals surface area contributed by atoms with E-state index in [0.29, 0.717) is 5.82 Å². The third-order valence-electron chi connectivity index (χ3n) is 4.56. The van der Waals surface area contributed by atoms with Gasteiger partial charge in [0.15, 0.2) is 5.82 Å². The number of ether oxygens (including phenoxy) is 1. The summed E-state index contributed by atoms with van der Waals surface area (Å²) < 4.78 is 5.25. The van der Waals surface area contributed by atoms with Gasteiger partial charge in [0.2, 0.25) is 0 Å². The first-order chi connectivity index (χ1) is 13.2. The zero-order valence-electron chi connectivity index (χ0n) is 15.5. The standard InChI is InChI=1S/C23H21N3O/c1-26(16-17-8-4-3-5-9-17)23-20-10-6-7-11-21(20)24-22(25-23)18-12-14-19(27-2)15-13-18/h3-15H,16H2,1-2H3. The van der Waals surface area contributed by atoms with Crippen molar-refractivity contribution in [3.8, 4) is 17.1 Å². The molecular weight excluding hydrogens is 334 g/mol. The molecule has 0 bridgehead atoms. The zero-order valence-corrected chi connectivity index (χ0v) is 15.5. The molecular formula is C23H21N3O. The second-order valence-corrected chi connectivity index (χ2v) is 6.46. The molecule has 3 aromatic carbocycles. The van der Waals surface area contributed by atoms with Crippen LogP contribution in [0.1, 0.15) is 5.56 Å². The third-order valence-corrected chi connectivity index (χ3v) is 4.56. The van der Waals surface area contributed by atoms with Gasteiger partial charge in [-0.25, -0.2) is 9.97 Å². The van der Waals surface area contributed by atoms with E-state index < -0.39 is 0 Å². The Labute approximate surface area is 159 Å². The molecule has 0 aliphatic rings. The molecule has 27 heavy (non-hydrogen) atoms. The summed E-state index contributed by atoms with van der Waals surface area (Å²) in [5.41, 5.74) is 3.15. The molecule has 1 heterocycles. The molecule has 0 fully saturated rings. The van der Waals surface area contributed by atoms with E-state index in [4.69, 9.17) is 14.7 Å². The van der Waals surface area contributed by atoms with Gasteiger partial charge in [-0.05, 0) is 42.0 Å². The van der Waals surface area contributed by atoms with Crippen molar-refractivity contribution in [2.45, 2.75) is 6.54 Å². The van der Waals surface area contributed by atoms with Gasteiger partial charge >= 0.3 is 0 Å². The Kier molecular flexibility index (Phi) is 4.71. The lowest BCUT2D eigenvalue weighted by Gasteiger charge is -2.21. The summed E-state index contributed by atoms with van der Waals surface area (Å²) in [6.45, 7) is 0.782. The van der Waals surface area contributed by atoms with Crippen LogP contribution in [0.3, 0.4) is 0 Å². The highest BCUT2D eigenvalue weighted by atomic mass is 16.5. The van der Waals surface area contributed by atoms with Gasteiger partial charge in [0.25, 0.3) is 0 Å². The van der Waals surface area contributed by atoms with E-state index in [-0.39, 0.29) is 0 Å². The molecule has 4 aromatic rings. The predicted molar refractivity (Wildman–Crippen MR) is 110 cm³/mol. The van der Waals surface area contributed by atoms with Crippen LogP contribution < -0.4 is 9.64 Å². The first-order valence-electron chi connectivity index (χ1n) is 8.91. The maximum atomic E-state index is 5.25. The van der Waals surface area contributed by atoms with Crippen molar-refractivity contribution in [1.29, 1.82) is 0 Å². The first kappa shape index (κ1) is 17.0. The highest BCUT2D eigenvalue weighted by Gasteiger charge is 2.13. The Bertz CT molecular complexity index is 1050. The molecule has 0 amide bonds. The Balaban J connectivity index is 1.78. The van der Waals surface area contributed by atoms with Gasteiger partial charge in [0.05, 0.1) is 12.6 Å². The van der Waals surface area contributed by atoms with Gasteiger partial charge in [-0.15, -0.1) is 0 Å². The van der Waals surface area contributed by atoms with Crippen LogP contribution in [-0.2, 0) is 6.54 Å². The van der Waals surface area contributed by atoms with Crippen molar-refractivity contribution in [2.24, 2.45) is 0 Å². The van der Waals surface area contributed by atoms with Crippen LogP contribution in [0, 0.1) is 0 Å². The number of methoxy groups -OCH3 is 1. The summed E-state index contributed by atoms with van der Waals surface area (Å²) in [5, 5.41) is 1.05. The van der Waals surface area contributed by atoms with E-state index in [1.807, 2.05) is 48.5 Å². The van der Waals surface area contributed by atoms with E-state index in [9.17, 15) is 0 Å². The van der Waals surface area contributed by atoms with Gasteiger partial charge in [-0.1, -0.05) is 42.5 Å². The van der Waals surface area contributed by atoms with Crippen LogP contribution in [0.25, 0.3) is 22.3 Å². The molecule has 0 saturated carbocycles. The van der Waals surface area contributed by atoms with E-state index >= 15 is 0 Å². The van der Waals surface area contributed by atoms with Crippen molar-refractivity contribution < 1.29 is 4.74 Å². The highest BCUT2D eigenvalue weighted by molar-refractivity contribution is 5.91. The van der Waals surface area contributed by atoms with E-state index in [2.05, 4.69) is 42.3 Å². The van der Waals surface area contributed by atoms with Crippen LogP contribution in [0.4, 0.5) is 5.82 Å². The first-order valence-corrected chi connectivity index (χ1v) is 8.91. The minimum absolute atomic E-state index is 0.714. The number of para-hydroxylation sites is 1. The Morgan fingerprint density at radius 1 is 0.815 bits per heavy atom. The smallest absolute Gasteiger partial charge is 0.162 e.